The summed E-state index contributed by atoms with van der Waals surface area (Å²) in [5, 5.41) is 0. The molecule has 0 saturated heterocycles. The molecule has 10 aromatic rings. The lowest BCUT2D eigenvalue weighted by Gasteiger charge is -2.29. The van der Waals surface area contributed by atoms with Crippen LogP contribution in [0.25, 0.3) is 55.6 Å². The van der Waals surface area contributed by atoms with Gasteiger partial charge in [0.15, 0.2) is 0 Å². The van der Waals surface area contributed by atoms with E-state index >= 15 is 0 Å². The monoisotopic (exact) mass is 848 g/mol. The van der Waals surface area contributed by atoms with Crippen molar-refractivity contribution < 1.29 is 0 Å². The second-order valence-corrected chi connectivity index (χ2v) is 17.2. The van der Waals surface area contributed by atoms with Gasteiger partial charge in [-0.2, -0.15) is 0 Å². The van der Waals surface area contributed by atoms with Gasteiger partial charge in [0.2, 0.25) is 0 Å². The van der Waals surface area contributed by atoms with Crippen LogP contribution < -0.4 is 9.80 Å². The highest BCUT2D eigenvalue weighted by molar-refractivity contribution is 5.87. The van der Waals surface area contributed by atoms with Crippen molar-refractivity contribution in [3.05, 3.63) is 265 Å². The minimum atomic E-state index is 1.11. The summed E-state index contributed by atoms with van der Waals surface area (Å²) < 4.78 is 0. The Morgan fingerprint density at radius 3 is 0.576 bits per heavy atom. The average Bonchev–Trinajstić information content (AvgIpc) is 3.37. The lowest BCUT2D eigenvalue weighted by atomic mass is 9.88. The highest BCUT2D eigenvalue weighted by Gasteiger charge is 2.21. The first-order valence-corrected chi connectivity index (χ1v) is 22.8. The number of aryl methyl sites for hydroxylation is 4. The van der Waals surface area contributed by atoms with Crippen LogP contribution in [0.3, 0.4) is 0 Å². The highest BCUT2D eigenvalue weighted by Crippen LogP contribution is 2.44. The fourth-order valence-corrected chi connectivity index (χ4v) is 9.56. The molecular formula is C64H52N2. The van der Waals surface area contributed by atoms with Crippen molar-refractivity contribution in [1.82, 2.24) is 0 Å². The molecule has 10 rings (SSSR count). The molecule has 66 heavy (non-hydrogen) atoms. The Morgan fingerprint density at radius 1 is 0.197 bits per heavy atom. The molecule has 0 fully saturated rings. The second-order valence-electron chi connectivity index (χ2n) is 17.2. The van der Waals surface area contributed by atoms with Crippen molar-refractivity contribution in [2.75, 3.05) is 9.80 Å². The first kappa shape index (κ1) is 41.8. The lowest BCUT2D eigenvalue weighted by Crippen LogP contribution is -2.12. The van der Waals surface area contributed by atoms with E-state index in [1.54, 1.807) is 0 Å². The summed E-state index contributed by atoms with van der Waals surface area (Å²) in [7, 11) is 0. The van der Waals surface area contributed by atoms with Gasteiger partial charge >= 0.3 is 0 Å². The molecule has 0 radical (unpaired) electrons. The van der Waals surface area contributed by atoms with E-state index in [2.05, 4.69) is 280 Å². The molecule has 0 N–H and O–H groups in total. The van der Waals surface area contributed by atoms with E-state index in [0.29, 0.717) is 0 Å². The smallest absolute Gasteiger partial charge is 0.0467 e. The molecule has 0 aliphatic rings. The predicted octanol–water partition coefficient (Wildman–Crippen LogP) is 18.2. The SMILES string of the molecule is Cc1cc(N(c2ccc(-c3ccccc3)cc2)c2ccc(-c3ccccc3)cc2)cc(C)c1-c1c(C)cc(N(c2ccc(-c3ccccc3)cc2)c2ccc(-c3ccccc3)cc2)cc1C. The van der Waals surface area contributed by atoms with Crippen molar-refractivity contribution >= 4 is 34.1 Å². The van der Waals surface area contributed by atoms with Crippen LogP contribution >= 0.6 is 0 Å². The van der Waals surface area contributed by atoms with Gasteiger partial charge in [-0.3, -0.25) is 0 Å². The predicted molar refractivity (Wildman–Crippen MR) is 282 cm³/mol. The molecular weight excluding hydrogens is 797 g/mol. The van der Waals surface area contributed by atoms with E-state index in [0.717, 1.165) is 34.1 Å². The minimum Gasteiger partial charge on any atom is -0.310 e. The third-order valence-electron chi connectivity index (χ3n) is 12.7. The van der Waals surface area contributed by atoms with E-state index in [-0.39, 0.29) is 0 Å². The zero-order chi connectivity index (χ0) is 45.0. The topological polar surface area (TPSA) is 6.48 Å². The molecule has 0 heterocycles. The van der Waals surface area contributed by atoms with Crippen LogP contribution in [-0.2, 0) is 0 Å². The summed E-state index contributed by atoms with van der Waals surface area (Å²) in [5.41, 5.74) is 23.8. The summed E-state index contributed by atoms with van der Waals surface area (Å²) in [6, 6.07) is 87.7. The van der Waals surface area contributed by atoms with Crippen molar-refractivity contribution in [3.8, 4) is 55.6 Å². The maximum absolute atomic E-state index is 2.39. The first-order valence-electron chi connectivity index (χ1n) is 22.8. The van der Waals surface area contributed by atoms with E-state index in [1.165, 1.54) is 77.9 Å². The maximum atomic E-state index is 2.39. The number of hydrogen-bond acceptors (Lipinski definition) is 2. The fraction of sp³-hybridized carbons (Fsp3) is 0.0625. The molecule has 0 amide bonds. The lowest BCUT2D eigenvalue weighted by molar-refractivity contribution is 1.23. The Morgan fingerprint density at radius 2 is 0.379 bits per heavy atom. The Balaban J connectivity index is 1.03. The van der Waals surface area contributed by atoms with Crippen LogP contribution in [0.1, 0.15) is 22.3 Å². The summed E-state index contributed by atoms with van der Waals surface area (Å²) in [5.74, 6) is 0. The normalized spacial score (nSPS) is 11.0. The minimum absolute atomic E-state index is 1.11. The first-order chi connectivity index (χ1) is 32.4. The van der Waals surface area contributed by atoms with E-state index < -0.39 is 0 Å². The van der Waals surface area contributed by atoms with Gasteiger partial charge in [-0.15, -0.1) is 0 Å². The molecule has 0 aliphatic heterocycles. The van der Waals surface area contributed by atoms with Gasteiger partial charge in [-0.05, 0) is 178 Å². The van der Waals surface area contributed by atoms with Crippen LogP contribution in [0, 0.1) is 27.7 Å². The van der Waals surface area contributed by atoms with E-state index in [1.807, 2.05) is 0 Å². The Bertz CT molecular complexity index is 2780. The van der Waals surface area contributed by atoms with Crippen molar-refractivity contribution in [2.45, 2.75) is 27.7 Å². The molecule has 10 aromatic carbocycles. The molecule has 0 atom stereocenters. The zero-order valence-corrected chi connectivity index (χ0v) is 38.0. The molecule has 2 heteroatoms. The van der Waals surface area contributed by atoms with Crippen molar-refractivity contribution in [1.29, 1.82) is 0 Å². The van der Waals surface area contributed by atoms with Gasteiger partial charge in [0, 0.05) is 34.1 Å². The van der Waals surface area contributed by atoms with Gasteiger partial charge in [0.05, 0.1) is 0 Å². The Kier molecular flexibility index (Phi) is 11.7. The van der Waals surface area contributed by atoms with Gasteiger partial charge in [-0.1, -0.05) is 170 Å². The summed E-state index contributed by atoms with van der Waals surface area (Å²) in [6.07, 6.45) is 0. The van der Waals surface area contributed by atoms with E-state index in [9.17, 15) is 0 Å². The Labute approximate surface area is 390 Å². The molecule has 0 aromatic heterocycles. The molecule has 0 bridgehead atoms. The fourth-order valence-electron chi connectivity index (χ4n) is 9.56. The van der Waals surface area contributed by atoms with Crippen LogP contribution in [0.2, 0.25) is 0 Å². The molecule has 2 nitrogen and oxygen atoms in total. The summed E-state index contributed by atoms with van der Waals surface area (Å²) in [6.45, 7) is 9.07. The number of nitrogens with zero attached hydrogens (tertiary/aromatic N) is 2. The number of benzene rings is 10. The Hall–Kier alpha value is -8.20. The van der Waals surface area contributed by atoms with Crippen LogP contribution in [0.15, 0.2) is 243 Å². The van der Waals surface area contributed by atoms with Gasteiger partial charge in [0.1, 0.15) is 0 Å². The molecule has 0 spiro atoms. The van der Waals surface area contributed by atoms with Crippen LogP contribution in [-0.4, -0.2) is 0 Å². The third kappa shape index (κ3) is 8.57. The highest BCUT2D eigenvalue weighted by atomic mass is 15.1. The van der Waals surface area contributed by atoms with Crippen LogP contribution in [0.5, 0.6) is 0 Å². The number of rotatable bonds is 11. The summed E-state index contributed by atoms with van der Waals surface area (Å²) in [4.78, 5) is 4.78. The molecule has 0 unspecified atom stereocenters. The van der Waals surface area contributed by atoms with Gasteiger partial charge in [-0.25, -0.2) is 0 Å². The standard InChI is InChI=1S/C64H52N2/c1-45-41-61(65(57-33-25-53(26-34-57)49-17-9-5-10-18-49)58-35-27-54(28-36-58)50-19-11-6-12-20-50)42-46(2)63(45)64-47(3)43-62(44-48(64)4)66(59-37-29-55(30-38-59)51-21-13-7-14-22-51)60-39-31-56(32-40-60)52-23-15-8-16-24-52/h5-44H,1-4H3. The molecule has 0 aliphatic carbocycles. The van der Waals surface area contributed by atoms with Crippen molar-refractivity contribution in [2.24, 2.45) is 0 Å². The molecule has 0 saturated carbocycles. The third-order valence-corrected chi connectivity index (χ3v) is 12.7. The largest absolute Gasteiger partial charge is 0.310 e. The quantitative estimate of drug-likeness (QED) is 0.128. The van der Waals surface area contributed by atoms with E-state index in [4.69, 9.17) is 0 Å². The molecule has 318 valence electrons. The summed E-state index contributed by atoms with van der Waals surface area (Å²) >= 11 is 0. The second kappa shape index (κ2) is 18.5. The van der Waals surface area contributed by atoms with Gasteiger partial charge in [0.25, 0.3) is 0 Å². The van der Waals surface area contributed by atoms with Gasteiger partial charge < -0.3 is 9.80 Å². The number of hydrogen-bond donors (Lipinski definition) is 0. The maximum Gasteiger partial charge on any atom is 0.0467 e. The number of anilines is 6. The average molecular weight is 849 g/mol. The van der Waals surface area contributed by atoms with Crippen molar-refractivity contribution in [3.63, 3.8) is 0 Å². The van der Waals surface area contributed by atoms with Crippen LogP contribution in [0.4, 0.5) is 34.1 Å². The zero-order valence-electron chi connectivity index (χ0n) is 38.0.